The number of hydrogen-bond donors (Lipinski definition) is 2. The van der Waals surface area contributed by atoms with Crippen molar-refractivity contribution in [3.8, 4) is 10.6 Å². The summed E-state index contributed by atoms with van der Waals surface area (Å²) in [6.45, 7) is 0.354. The summed E-state index contributed by atoms with van der Waals surface area (Å²) in [7, 11) is 0. The lowest BCUT2D eigenvalue weighted by Gasteiger charge is -2.23. The molecule has 0 unspecified atom stereocenters. The van der Waals surface area contributed by atoms with E-state index in [-0.39, 0.29) is 12.3 Å². The van der Waals surface area contributed by atoms with Gasteiger partial charge in [0, 0.05) is 34.3 Å². The number of nitrogens with zero attached hydrogens (tertiary/aromatic N) is 3. The summed E-state index contributed by atoms with van der Waals surface area (Å²) in [6, 6.07) is 24.6. The molecular weight excluding hydrogens is 466 g/mol. The van der Waals surface area contributed by atoms with E-state index in [0.717, 1.165) is 27.4 Å². The van der Waals surface area contributed by atoms with Gasteiger partial charge in [0.25, 0.3) is 0 Å². The SMILES string of the molecule is N=C/C(=C\N)c1ccc(N(Cc2cccc(Cl)c2)C(=O)Cc2nnc(-c3ccccc3)s2)cc1. The van der Waals surface area contributed by atoms with Crippen molar-refractivity contribution in [2.45, 2.75) is 13.0 Å². The van der Waals surface area contributed by atoms with Crippen LogP contribution in [0, 0.1) is 5.41 Å². The van der Waals surface area contributed by atoms with E-state index in [1.54, 1.807) is 11.0 Å². The number of aromatic nitrogens is 2. The molecule has 0 saturated heterocycles. The molecule has 34 heavy (non-hydrogen) atoms. The van der Waals surface area contributed by atoms with Crippen LogP contribution in [0.15, 0.2) is 85.1 Å². The molecule has 0 aliphatic heterocycles. The zero-order valence-electron chi connectivity index (χ0n) is 18.2. The first-order valence-electron chi connectivity index (χ1n) is 10.5. The van der Waals surface area contributed by atoms with Crippen LogP contribution in [0.1, 0.15) is 16.1 Å². The van der Waals surface area contributed by atoms with E-state index in [4.69, 9.17) is 22.7 Å². The molecule has 0 aliphatic carbocycles. The predicted octanol–water partition coefficient (Wildman–Crippen LogP) is 5.58. The number of benzene rings is 3. The molecule has 4 aromatic rings. The third-order valence-corrected chi connectivity index (χ3v) is 6.38. The van der Waals surface area contributed by atoms with Gasteiger partial charge in [0.15, 0.2) is 0 Å². The van der Waals surface area contributed by atoms with Crippen molar-refractivity contribution in [3.05, 3.63) is 106 Å². The van der Waals surface area contributed by atoms with Crippen LogP contribution in [0.3, 0.4) is 0 Å². The molecule has 4 rings (SSSR count). The molecular formula is C26H22ClN5OS. The summed E-state index contributed by atoms with van der Waals surface area (Å²) in [5.41, 5.74) is 9.61. The number of carbonyl (C=O) groups excluding carboxylic acids is 1. The number of allylic oxidation sites excluding steroid dienone is 1. The minimum absolute atomic E-state index is 0.106. The van der Waals surface area contributed by atoms with E-state index < -0.39 is 0 Å². The molecule has 0 bridgehead atoms. The van der Waals surface area contributed by atoms with E-state index in [0.29, 0.717) is 22.1 Å². The molecule has 3 aromatic carbocycles. The third kappa shape index (κ3) is 5.57. The second-order valence-corrected chi connectivity index (χ2v) is 8.97. The first-order chi connectivity index (χ1) is 16.6. The minimum Gasteiger partial charge on any atom is -0.404 e. The summed E-state index contributed by atoms with van der Waals surface area (Å²) < 4.78 is 0. The fourth-order valence-electron chi connectivity index (χ4n) is 3.45. The number of halogens is 1. The van der Waals surface area contributed by atoms with E-state index in [2.05, 4.69) is 10.2 Å². The predicted molar refractivity (Wildman–Crippen MR) is 139 cm³/mol. The molecule has 3 N–H and O–H groups in total. The molecule has 1 heterocycles. The van der Waals surface area contributed by atoms with E-state index in [1.165, 1.54) is 23.8 Å². The third-order valence-electron chi connectivity index (χ3n) is 5.17. The highest BCUT2D eigenvalue weighted by Crippen LogP contribution is 2.26. The Balaban J connectivity index is 1.60. The lowest BCUT2D eigenvalue weighted by atomic mass is 10.1. The van der Waals surface area contributed by atoms with Crippen molar-refractivity contribution in [2.75, 3.05) is 4.90 Å². The van der Waals surface area contributed by atoms with Gasteiger partial charge in [-0.2, -0.15) is 0 Å². The second kappa shape index (κ2) is 10.9. The number of anilines is 1. The number of hydrogen-bond acceptors (Lipinski definition) is 6. The normalized spacial score (nSPS) is 11.3. The van der Waals surface area contributed by atoms with Crippen LogP contribution in [0.4, 0.5) is 5.69 Å². The highest BCUT2D eigenvalue weighted by molar-refractivity contribution is 7.14. The van der Waals surface area contributed by atoms with E-state index >= 15 is 0 Å². The summed E-state index contributed by atoms with van der Waals surface area (Å²) in [5.74, 6) is -0.106. The molecule has 0 aliphatic rings. The quantitative estimate of drug-likeness (QED) is 0.317. The number of nitrogens with one attached hydrogen (secondary N) is 1. The van der Waals surface area contributed by atoms with Crippen LogP contribution in [0.25, 0.3) is 16.1 Å². The van der Waals surface area contributed by atoms with Gasteiger partial charge in [-0.15, -0.1) is 10.2 Å². The maximum absolute atomic E-state index is 13.4. The van der Waals surface area contributed by atoms with Gasteiger partial charge in [0.2, 0.25) is 5.91 Å². The highest BCUT2D eigenvalue weighted by Gasteiger charge is 2.20. The Kier molecular flexibility index (Phi) is 7.47. The van der Waals surface area contributed by atoms with Crippen molar-refractivity contribution >= 4 is 46.3 Å². The van der Waals surface area contributed by atoms with Crippen molar-refractivity contribution in [1.82, 2.24) is 10.2 Å². The van der Waals surface area contributed by atoms with Crippen LogP contribution in [0.2, 0.25) is 5.02 Å². The lowest BCUT2D eigenvalue weighted by molar-refractivity contribution is -0.118. The first-order valence-corrected chi connectivity index (χ1v) is 11.7. The molecule has 1 amide bonds. The van der Waals surface area contributed by atoms with E-state index in [1.807, 2.05) is 72.8 Å². The van der Waals surface area contributed by atoms with Crippen molar-refractivity contribution in [3.63, 3.8) is 0 Å². The highest BCUT2D eigenvalue weighted by atomic mass is 35.5. The molecule has 0 saturated carbocycles. The van der Waals surface area contributed by atoms with Crippen molar-refractivity contribution < 1.29 is 4.79 Å². The molecule has 0 fully saturated rings. The van der Waals surface area contributed by atoms with Gasteiger partial charge < -0.3 is 16.0 Å². The van der Waals surface area contributed by atoms with Crippen LogP contribution in [0.5, 0.6) is 0 Å². The number of rotatable bonds is 8. The van der Waals surface area contributed by atoms with Gasteiger partial charge >= 0.3 is 0 Å². The average Bonchev–Trinajstić information content (AvgIpc) is 3.33. The average molecular weight is 488 g/mol. The topological polar surface area (TPSA) is 96.0 Å². The zero-order valence-corrected chi connectivity index (χ0v) is 19.8. The number of nitrogens with two attached hydrogens (primary N) is 1. The zero-order chi connectivity index (χ0) is 23.9. The Labute approximate surface area is 206 Å². The van der Waals surface area contributed by atoms with Gasteiger partial charge in [-0.05, 0) is 35.4 Å². The molecule has 1 aromatic heterocycles. The fourth-order valence-corrected chi connectivity index (χ4v) is 4.50. The van der Waals surface area contributed by atoms with Crippen LogP contribution in [-0.4, -0.2) is 22.3 Å². The lowest BCUT2D eigenvalue weighted by Crippen LogP contribution is -2.31. The fraction of sp³-hybridized carbons (Fsp3) is 0.0769. The number of carbonyl (C=O) groups is 1. The van der Waals surface area contributed by atoms with Gasteiger partial charge in [0.1, 0.15) is 10.0 Å². The maximum atomic E-state index is 13.4. The Bertz CT molecular complexity index is 1320. The largest absolute Gasteiger partial charge is 0.404 e. The Morgan fingerprint density at radius 2 is 1.79 bits per heavy atom. The van der Waals surface area contributed by atoms with Gasteiger partial charge in [-0.25, -0.2) is 0 Å². The van der Waals surface area contributed by atoms with Gasteiger partial charge in [0.05, 0.1) is 13.0 Å². The summed E-state index contributed by atoms with van der Waals surface area (Å²) in [6.07, 6.45) is 2.71. The van der Waals surface area contributed by atoms with Crippen LogP contribution < -0.4 is 10.6 Å². The molecule has 6 nitrogen and oxygen atoms in total. The molecule has 0 spiro atoms. The van der Waals surface area contributed by atoms with Gasteiger partial charge in [-0.1, -0.05) is 77.5 Å². The van der Waals surface area contributed by atoms with Crippen molar-refractivity contribution in [2.24, 2.45) is 5.73 Å². The van der Waals surface area contributed by atoms with Crippen LogP contribution in [-0.2, 0) is 17.8 Å². The molecule has 170 valence electrons. The van der Waals surface area contributed by atoms with Crippen LogP contribution >= 0.6 is 22.9 Å². The van der Waals surface area contributed by atoms with Gasteiger partial charge in [-0.3, -0.25) is 4.79 Å². The monoisotopic (exact) mass is 487 g/mol. The molecule has 0 radical (unpaired) electrons. The smallest absolute Gasteiger partial charge is 0.234 e. The Hall–Kier alpha value is -3.81. The standard InChI is InChI=1S/C26H22ClN5OS/c27-22-8-4-5-18(13-22)17-32(23-11-9-19(10-12-23)21(15-28)16-29)25(33)14-24-30-31-26(34-24)20-6-2-1-3-7-20/h1-13,15-16,28H,14,17,29H2/b21-16+,28-15?. The second-order valence-electron chi connectivity index (χ2n) is 7.47. The number of amides is 1. The summed E-state index contributed by atoms with van der Waals surface area (Å²) >= 11 is 7.58. The maximum Gasteiger partial charge on any atom is 0.234 e. The summed E-state index contributed by atoms with van der Waals surface area (Å²) in [4.78, 5) is 15.1. The van der Waals surface area contributed by atoms with E-state index in [9.17, 15) is 4.79 Å². The summed E-state index contributed by atoms with van der Waals surface area (Å²) in [5, 5.41) is 18.0. The Morgan fingerprint density at radius 3 is 2.47 bits per heavy atom. The minimum atomic E-state index is -0.106. The molecule has 0 atom stereocenters. The first kappa shape index (κ1) is 23.4. The molecule has 8 heteroatoms. The van der Waals surface area contributed by atoms with Crippen molar-refractivity contribution in [1.29, 1.82) is 5.41 Å². The Morgan fingerprint density at radius 1 is 1.03 bits per heavy atom.